The van der Waals surface area contributed by atoms with Crippen molar-refractivity contribution in [1.29, 1.82) is 0 Å². The minimum Gasteiger partial charge on any atom is -0.395 e. The van der Waals surface area contributed by atoms with E-state index < -0.39 is 12.6 Å². The third kappa shape index (κ3) is 3.40. The Balaban J connectivity index is 3.19. The van der Waals surface area contributed by atoms with Gasteiger partial charge in [0.25, 0.3) is 5.91 Å². The number of hydrogen-bond acceptors (Lipinski definition) is 2. The molecule has 0 radical (unpaired) electrons. The summed E-state index contributed by atoms with van der Waals surface area (Å²) in [5.74, 6) is -0.635. The van der Waals surface area contributed by atoms with E-state index in [2.05, 4.69) is 0 Å². The van der Waals surface area contributed by atoms with Crippen molar-refractivity contribution in [3.8, 4) is 0 Å². The fourth-order valence-electron chi connectivity index (χ4n) is 1.84. The summed E-state index contributed by atoms with van der Waals surface area (Å²) < 4.78 is 12.6. The molecule has 1 aromatic carbocycles. The molecular formula is C14H18FNO2. The molecule has 0 atom stereocenters. The highest BCUT2D eigenvalue weighted by Crippen LogP contribution is 2.23. The van der Waals surface area contributed by atoms with Gasteiger partial charge in [-0.25, -0.2) is 4.39 Å². The van der Waals surface area contributed by atoms with Gasteiger partial charge in [0.05, 0.1) is 6.61 Å². The molecule has 1 aromatic rings. The van der Waals surface area contributed by atoms with Crippen molar-refractivity contribution in [2.75, 3.05) is 19.8 Å². The molecule has 0 aromatic heterocycles. The molecule has 0 aliphatic carbocycles. The molecule has 0 spiro atoms. The highest BCUT2D eigenvalue weighted by Gasteiger charge is 2.19. The summed E-state index contributed by atoms with van der Waals surface area (Å²) in [7, 11) is 0. The number of halogens is 1. The lowest BCUT2D eigenvalue weighted by Gasteiger charge is -2.25. The molecule has 18 heavy (non-hydrogen) atoms. The maximum Gasteiger partial charge on any atom is 0.258 e. The molecule has 1 amide bonds. The van der Waals surface area contributed by atoms with Crippen LogP contribution < -0.4 is 0 Å². The fourth-order valence-corrected chi connectivity index (χ4v) is 1.84. The molecule has 0 aliphatic rings. The molecule has 1 rings (SSSR count). The zero-order valence-electron chi connectivity index (χ0n) is 10.7. The van der Waals surface area contributed by atoms with Gasteiger partial charge in [-0.05, 0) is 19.4 Å². The number of carbonyl (C=O) groups excluding carboxylic acids is 1. The van der Waals surface area contributed by atoms with E-state index in [0.717, 1.165) is 11.1 Å². The van der Waals surface area contributed by atoms with Crippen molar-refractivity contribution in [2.24, 2.45) is 0 Å². The maximum atomic E-state index is 12.6. The van der Waals surface area contributed by atoms with Crippen LogP contribution in [0, 0.1) is 0 Å². The molecule has 0 saturated heterocycles. The van der Waals surface area contributed by atoms with Gasteiger partial charge in [0.1, 0.15) is 0 Å². The number of amides is 1. The zero-order valence-corrected chi connectivity index (χ0v) is 10.7. The molecule has 0 heterocycles. The summed E-state index contributed by atoms with van der Waals surface area (Å²) in [4.78, 5) is 12.9. The Kier molecular flexibility index (Phi) is 5.52. The quantitative estimate of drug-likeness (QED) is 0.871. The largest absolute Gasteiger partial charge is 0.395 e. The number of aliphatic hydroxyl groups is 1. The third-order valence-electron chi connectivity index (χ3n) is 2.53. The second-order valence-corrected chi connectivity index (χ2v) is 4.12. The standard InChI is InChI=1S/C14H18FNO2/c1-11(2)14(12-6-4-3-5-7-12)16(8-9-17)13(18)10-15/h3-7,17H,8-10H2,1-2H3. The van der Waals surface area contributed by atoms with Crippen molar-refractivity contribution in [1.82, 2.24) is 4.90 Å². The van der Waals surface area contributed by atoms with Gasteiger partial charge in [0.2, 0.25) is 0 Å². The second-order valence-electron chi connectivity index (χ2n) is 4.12. The van der Waals surface area contributed by atoms with Crippen LogP contribution in [0.15, 0.2) is 35.9 Å². The number of allylic oxidation sites excluding steroid dienone is 1. The molecule has 1 N–H and O–H groups in total. The summed E-state index contributed by atoms with van der Waals surface area (Å²) in [5, 5.41) is 9.02. The number of rotatable bonds is 5. The first-order valence-corrected chi connectivity index (χ1v) is 5.82. The number of alkyl halides is 1. The maximum absolute atomic E-state index is 12.6. The van der Waals surface area contributed by atoms with Gasteiger partial charge in [-0.3, -0.25) is 4.79 Å². The Morgan fingerprint density at radius 3 is 2.33 bits per heavy atom. The Morgan fingerprint density at radius 2 is 1.89 bits per heavy atom. The number of aliphatic hydroxyl groups excluding tert-OH is 1. The van der Waals surface area contributed by atoms with E-state index in [9.17, 15) is 9.18 Å². The zero-order chi connectivity index (χ0) is 13.5. The summed E-state index contributed by atoms with van der Waals surface area (Å²) >= 11 is 0. The van der Waals surface area contributed by atoms with Crippen molar-refractivity contribution >= 4 is 11.6 Å². The summed E-state index contributed by atoms with van der Waals surface area (Å²) in [6.45, 7) is 2.55. The van der Waals surface area contributed by atoms with Gasteiger partial charge in [-0.2, -0.15) is 0 Å². The predicted octanol–water partition coefficient (Wildman–Crippen LogP) is 2.23. The van der Waals surface area contributed by atoms with Gasteiger partial charge < -0.3 is 10.0 Å². The predicted molar refractivity (Wildman–Crippen MR) is 69.5 cm³/mol. The minimum atomic E-state index is -1.07. The molecule has 0 unspecified atom stereocenters. The van der Waals surface area contributed by atoms with Gasteiger partial charge in [0.15, 0.2) is 6.67 Å². The van der Waals surface area contributed by atoms with Crippen LogP contribution >= 0.6 is 0 Å². The summed E-state index contributed by atoms with van der Waals surface area (Å²) in [6.07, 6.45) is 0. The highest BCUT2D eigenvalue weighted by atomic mass is 19.1. The number of carbonyl (C=O) groups is 1. The average molecular weight is 251 g/mol. The van der Waals surface area contributed by atoms with E-state index in [-0.39, 0.29) is 13.2 Å². The highest BCUT2D eigenvalue weighted by molar-refractivity contribution is 5.88. The smallest absolute Gasteiger partial charge is 0.258 e. The van der Waals surface area contributed by atoms with Gasteiger partial charge >= 0.3 is 0 Å². The van der Waals surface area contributed by atoms with Crippen LogP contribution in [0.5, 0.6) is 0 Å². The lowest BCUT2D eigenvalue weighted by atomic mass is 10.1. The molecule has 4 heteroatoms. The van der Waals surface area contributed by atoms with E-state index in [0.29, 0.717) is 5.70 Å². The molecule has 98 valence electrons. The van der Waals surface area contributed by atoms with Crippen LogP contribution in [0.4, 0.5) is 4.39 Å². The van der Waals surface area contributed by atoms with Gasteiger partial charge in [-0.15, -0.1) is 0 Å². The van der Waals surface area contributed by atoms with Crippen molar-refractivity contribution in [3.05, 3.63) is 41.5 Å². The van der Waals surface area contributed by atoms with Crippen molar-refractivity contribution in [2.45, 2.75) is 13.8 Å². The number of hydrogen-bond donors (Lipinski definition) is 1. The third-order valence-corrected chi connectivity index (χ3v) is 2.53. The Hall–Kier alpha value is -1.68. The molecule has 0 saturated carbocycles. The van der Waals surface area contributed by atoms with E-state index in [1.807, 2.05) is 44.2 Å². The summed E-state index contributed by atoms with van der Waals surface area (Å²) in [6, 6.07) is 9.31. The SMILES string of the molecule is CC(C)=C(c1ccccc1)N(CCO)C(=O)CF. The normalized spacial score (nSPS) is 10.0. The topological polar surface area (TPSA) is 40.5 Å². The lowest BCUT2D eigenvalue weighted by molar-refractivity contribution is -0.129. The summed E-state index contributed by atoms with van der Waals surface area (Å²) in [5.41, 5.74) is 2.40. The molecule has 0 bridgehead atoms. The first kappa shape index (κ1) is 14.4. The van der Waals surface area contributed by atoms with Crippen LogP contribution in [0.3, 0.4) is 0 Å². The second kappa shape index (κ2) is 6.91. The van der Waals surface area contributed by atoms with Gasteiger partial charge in [-0.1, -0.05) is 35.9 Å². The van der Waals surface area contributed by atoms with E-state index in [1.165, 1.54) is 4.90 Å². The lowest BCUT2D eigenvalue weighted by Crippen LogP contribution is -2.33. The fraction of sp³-hybridized carbons (Fsp3) is 0.357. The Labute approximate surface area is 107 Å². The molecule has 3 nitrogen and oxygen atoms in total. The van der Waals surface area contributed by atoms with E-state index >= 15 is 0 Å². The van der Waals surface area contributed by atoms with Crippen molar-refractivity contribution < 1.29 is 14.3 Å². The van der Waals surface area contributed by atoms with Crippen LogP contribution in [0.25, 0.3) is 5.70 Å². The number of benzene rings is 1. The Bertz CT molecular complexity index is 425. The van der Waals surface area contributed by atoms with Crippen LogP contribution in [0.2, 0.25) is 0 Å². The first-order valence-electron chi connectivity index (χ1n) is 5.82. The molecule has 0 fully saturated rings. The van der Waals surface area contributed by atoms with Crippen LogP contribution in [-0.4, -0.2) is 35.7 Å². The van der Waals surface area contributed by atoms with Crippen molar-refractivity contribution in [3.63, 3.8) is 0 Å². The average Bonchev–Trinajstić information content (AvgIpc) is 2.38. The van der Waals surface area contributed by atoms with E-state index in [4.69, 9.17) is 5.11 Å². The Morgan fingerprint density at radius 1 is 1.28 bits per heavy atom. The van der Waals surface area contributed by atoms with Crippen LogP contribution in [0.1, 0.15) is 19.4 Å². The molecular weight excluding hydrogens is 233 g/mol. The first-order chi connectivity index (χ1) is 8.61. The van der Waals surface area contributed by atoms with E-state index in [1.54, 1.807) is 0 Å². The minimum absolute atomic E-state index is 0.0954. The van der Waals surface area contributed by atoms with Crippen LogP contribution in [-0.2, 0) is 4.79 Å². The number of nitrogens with zero attached hydrogens (tertiary/aromatic N) is 1. The van der Waals surface area contributed by atoms with Gasteiger partial charge in [0, 0.05) is 12.2 Å². The monoisotopic (exact) mass is 251 g/mol. The molecule has 0 aliphatic heterocycles.